The van der Waals surface area contributed by atoms with Gasteiger partial charge in [-0.05, 0) is 30.8 Å². The minimum Gasteiger partial charge on any atom is -0.506 e. The maximum atomic E-state index is 9.31. The standard InChI is InChI=1S/C13H22N2OS/c1-3-15(4-2)7-8-17-10-11-5-6-13(16)12(14)9-11/h5-6,9,16H,3-4,7-8,10,14H2,1-2H3. The van der Waals surface area contributed by atoms with Crippen LogP contribution in [0.5, 0.6) is 5.75 Å². The molecule has 4 heteroatoms. The highest BCUT2D eigenvalue weighted by atomic mass is 32.2. The van der Waals surface area contributed by atoms with Gasteiger partial charge in [-0.2, -0.15) is 11.8 Å². The molecule has 0 aliphatic carbocycles. The number of aromatic hydroxyl groups is 1. The van der Waals surface area contributed by atoms with Crippen LogP contribution in [0.3, 0.4) is 0 Å². The fourth-order valence-electron chi connectivity index (χ4n) is 1.62. The molecule has 0 aliphatic rings. The first-order chi connectivity index (χ1) is 8.17. The number of rotatable bonds is 7. The van der Waals surface area contributed by atoms with Gasteiger partial charge in [-0.15, -0.1) is 0 Å². The number of hydrogen-bond acceptors (Lipinski definition) is 4. The van der Waals surface area contributed by atoms with Gasteiger partial charge in [0.05, 0.1) is 5.69 Å². The molecular formula is C13H22N2OS. The summed E-state index contributed by atoms with van der Waals surface area (Å²) in [5.74, 6) is 2.25. The van der Waals surface area contributed by atoms with Gasteiger partial charge in [0.25, 0.3) is 0 Å². The quantitative estimate of drug-likeness (QED) is 0.446. The van der Waals surface area contributed by atoms with Gasteiger partial charge in [-0.25, -0.2) is 0 Å². The van der Waals surface area contributed by atoms with Crippen LogP contribution in [0.25, 0.3) is 0 Å². The molecule has 0 heterocycles. The molecule has 0 saturated heterocycles. The molecule has 0 bridgehead atoms. The predicted octanol–water partition coefficient (Wildman–Crippen LogP) is 2.55. The molecule has 3 nitrogen and oxygen atoms in total. The molecule has 17 heavy (non-hydrogen) atoms. The molecule has 0 spiro atoms. The Bertz CT molecular complexity index is 340. The van der Waals surface area contributed by atoms with Gasteiger partial charge in [0.1, 0.15) is 5.75 Å². The molecule has 1 rings (SSSR count). The van der Waals surface area contributed by atoms with Crippen LogP contribution < -0.4 is 5.73 Å². The third-order valence-electron chi connectivity index (χ3n) is 2.81. The zero-order chi connectivity index (χ0) is 12.7. The highest BCUT2D eigenvalue weighted by Gasteiger charge is 2.01. The number of nitrogens with zero attached hydrogens (tertiary/aromatic N) is 1. The average Bonchev–Trinajstić information content (AvgIpc) is 2.34. The van der Waals surface area contributed by atoms with E-state index >= 15 is 0 Å². The summed E-state index contributed by atoms with van der Waals surface area (Å²) in [5, 5.41) is 9.31. The molecular weight excluding hydrogens is 232 g/mol. The molecule has 0 fully saturated rings. The number of benzene rings is 1. The number of nitrogen functional groups attached to an aromatic ring is 1. The molecule has 0 aromatic heterocycles. The Morgan fingerprint density at radius 1 is 1.29 bits per heavy atom. The van der Waals surface area contributed by atoms with Crippen molar-refractivity contribution in [3.8, 4) is 5.75 Å². The third kappa shape index (κ3) is 4.88. The van der Waals surface area contributed by atoms with E-state index in [0.29, 0.717) is 5.69 Å². The lowest BCUT2D eigenvalue weighted by Crippen LogP contribution is -2.25. The Labute approximate surface area is 108 Å². The topological polar surface area (TPSA) is 49.5 Å². The Balaban J connectivity index is 2.28. The number of nitrogens with two attached hydrogens (primary N) is 1. The minimum atomic E-state index is 0.168. The maximum absolute atomic E-state index is 9.31. The zero-order valence-corrected chi connectivity index (χ0v) is 11.5. The summed E-state index contributed by atoms with van der Waals surface area (Å²) in [6, 6.07) is 5.44. The number of phenolic OH excluding ortho intramolecular Hbond substituents is 1. The molecule has 96 valence electrons. The lowest BCUT2D eigenvalue weighted by molar-refractivity contribution is 0.324. The van der Waals surface area contributed by atoms with Crippen LogP contribution in [0.15, 0.2) is 18.2 Å². The molecule has 1 aromatic rings. The smallest absolute Gasteiger partial charge is 0.138 e. The molecule has 0 saturated carbocycles. The van der Waals surface area contributed by atoms with Crippen molar-refractivity contribution in [2.45, 2.75) is 19.6 Å². The molecule has 0 aliphatic heterocycles. The van der Waals surface area contributed by atoms with E-state index in [1.165, 1.54) is 5.56 Å². The summed E-state index contributed by atoms with van der Waals surface area (Å²) in [5.41, 5.74) is 7.28. The van der Waals surface area contributed by atoms with Crippen LogP contribution in [0.2, 0.25) is 0 Å². The van der Waals surface area contributed by atoms with Crippen molar-refractivity contribution in [2.24, 2.45) is 0 Å². The van der Waals surface area contributed by atoms with Gasteiger partial charge in [0, 0.05) is 18.1 Å². The predicted molar refractivity (Wildman–Crippen MR) is 76.5 cm³/mol. The normalized spacial score (nSPS) is 11.0. The largest absolute Gasteiger partial charge is 0.506 e. The van der Waals surface area contributed by atoms with Gasteiger partial charge in [0.2, 0.25) is 0 Å². The van der Waals surface area contributed by atoms with Crippen LogP contribution >= 0.6 is 11.8 Å². The van der Waals surface area contributed by atoms with Gasteiger partial charge >= 0.3 is 0 Å². The molecule has 0 amide bonds. The van der Waals surface area contributed by atoms with Crippen molar-refractivity contribution in [1.82, 2.24) is 4.90 Å². The SMILES string of the molecule is CCN(CC)CCSCc1ccc(O)c(N)c1. The summed E-state index contributed by atoms with van der Waals surface area (Å²) in [7, 11) is 0. The van der Waals surface area contributed by atoms with Gasteiger partial charge in [0.15, 0.2) is 0 Å². The van der Waals surface area contributed by atoms with Crippen LogP contribution in [-0.4, -0.2) is 35.4 Å². The average molecular weight is 254 g/mol. The number of anilines is 1. The first-order valence-corrected chi connectivity index (χ1v) is 7.20. The fourth-order valence-corrected chi connectivity index (χ4v) is 2.56. The van der Waals surface area contributed by atoms with Crippen molar-refractivity contribution < 1.29 is 5.11 Å². The van der Waals surface area contributed by atoms with E-state index < -0.39 is 0 Å². The molecule has 0 radical (unpaired) electrons. The number of thioether (sulfide) groups is 1. The first kappa shape index (κ1) is 14.2. The Morgan fingerprint density at radius 2 is 2.00 bits per heavy atom. The number of phenols is 1. The Hall–Kier alpha value is -0.870. The van der Waals surface area contributed by atoms with E-state index in [-0.39, 0.29) is 5.75 Å². The van der Waals surface area contributed by atoms with Gasteiger partial charge in [-0.1, -0.05) is 19.9 Å². The van der Waals surface area contributed by atoms with Crippen LogP contribution in [0.1, 0.15) is 19.4 Å². The first-order valence-electron chi connectivity index (χ1n) is 6.04. The van der Waals surface area contributed by atoms with E-state index in [0.717, 1.165) is 31.1 Å². The Kier molecular flexibility index (Phi) is 6.22. The van der Waals surface area contributed by atoms with Crippen molar-refractivity contribution in [1.29, 1.82) is 0 Å². The Morgan fingerprint density at radius 3 is 2.59 bits per heavy atom. The number of hydrogen-bond donors (Lipinski definition) is 2. The van der Waals surface area contributed by atoms with Crippen molar-refractivity contribution >= 4 is 17.4 Å². The van der Waals surface area contributed by atoms with E-state index in [1.54, 1.807) is 6.07 Å². The fraction of sp³-hybridized carbons (Fsp3) is 0.538. The van der Waals surface area contributed by atoms with Crippen LogP contribution in [-0.2, 0) is 5.75 Å². The molecule has 0 atom stereocenters. The van der Waals surface area contributed by atoms with Gasteiger partial charge < -0.3 is 15.7 Å². The lowest BCUT2D eigenvalue weighted by atomic mass is 10.2. The van der Waals surface area contributed by atoms with E-state index in [2.05, 4.69) is 18.7 Å². The lowest BCUT2D eigenvalue weighted by Gasteiger charge is -2.17. The summed E-state index contributed by atoms with van der Waals surface area (Å²) < 4.78 is 0. The maximum Gasteiger partial charge on any atom is 0.138 e. The second-order valence-corrected chi connectivity index (χ2v) is 5.08. The van der Waals surface area contributed by atoms with Gasteiger partial charge in [-0.3, -0.25) is 0 Å². The zero-order valence-electron chi connectivity index (χ0n) is 10.6. The highest BCUT2D eigenvalue weighted by Crippen LogP contribution is 2.22. The highest BCUT2D eigenvalue weighted by molar-refractivity contribution is 7.98. The summed E-state index contributed by atoms with van der Waals surface area (Å²) >= 11 is 1.90. The monoisotopic (exact) mass is 254 g/mol. The second kappa shape index (κ2) is 7.45. The van der Waals surface area contributed by atoms with E-state index in [4.69, 9.17) is 5.73 Å². The molecule has 0 unspecified atom stereocenters. The summed E-state index contributed by atoms with van der Waals surface area (Å²) in [4.78, 5) is 2.41. The summed E-state index contributed by atoms with van der Waals surface area (Å²) in [6.07, 6.45) is 0. The minimum absolute atomic E-state index is 0.168. The third-order valence-corrected chi connectivity index (χ3v) is 3.82. The van der Waals surface area contributed by atoms with Crippen molar-refractivity contribution in [2.75, 3.05) is 31.1 Å². The van der Waals surface area contributed by atoms with Crippen LogP contribution in [0.4, 0.5) is 5.69 Å². The molecule has 3 N–H and O–H groups in total. The van der Waals surface area contributed by atoms with E-state index in [1.807, 2.05) is 23.9 Å². The molecule has 1 aromatic carbocycles. The van der Waals surface area contributed by atoms with Crippen molar-refractivity contribution in [3.05, 3.63) is 23.8 Å². The van der Waals surface area contributed by atoms with Crippen LogP contribution in [0, 0.1) is 0 Å². The van der Waals surface area contributed by atoms with E-state index in [9.17, 15) is 5.11 Å². The van der Waals surface area contributed by atoms with Crippen molar-refractivity contribution in [3.63, 3.8) is 0 Å². The summed E-state index contributed by atoms with van der Waals surface area (Å²) in [6.45, 7) is 7.74. The second-order valence-electron chi connectivity index (χ2n) is 3.97.